The van der Waals surface area contributed by atoms with Crippen LogP contribution in [0.3, 0.4) is 0 Å². The van der Waals surface area contributed by atoms with Gasteiger partial charge in [0.15, 0.2) is 0 Å². The van der Waals surface area contributed by atoms with E-state index >= 15 is 0 Å². The predicted octanol–water partition coefficient (Wildman–Crippen LogP) is 5.01. The monoisotopic (exact) mass is 565 g/mol. The van der Waals surface area contributed by atoms with Crippen LogP contribution in [0.5, 0.6) is 5.75 Å². The van der Waals surface area contributed by atoms with Crippen LogP contribution in [0, 0.1) is 0 Å². The average molecular weight is 566 g/mol. The summed E-state index contributed by atoms with van der Waals surface area (Å²) in [5.41, 5.74) is 1.17. The molecule has 0 heterocycles. The van der Waals surface area contributed by atoms with Gasteiger partial charge >= 0.3 is 0 Å². The number of rotatable bonds is 16. The Kier molecular flexibility index (Phi) is 12.9. The summed E-state index contributed by atoms with van der Waals surface area (Å²) in [5.74, 6) is 0.0145. The Morgan fingerprint density at radius 1 is 1.03 bits per heavy atom. The highest BCUT2D eigenvalue weighted by Crippen LogP contribution is 2.30. The minimum atomic E-state index is -3.63. The maximum Gasteiger partial charge on any atom is 0.242 e. The zero-order valence-corrected chi connectivity index (χ0v) is 24.4. The summed E-state index contributed by atoms with van der Waals surface area (Å²) < 4.78 is 32.2. The molecule has 210 valence electrons. The van der Waals surface area contributed by atoms with Crippen molar-refractivity contribution in [2.24, 2.45) is 0 Å². The maximum absolute atomic E-state index is 13.5. The number of carbonyl (C=O) groups is 2. The number of anilines is 1. The van der Waals surface area contributed by atoms with Gasteiger partial charge in [-0.1, -0.05) is 62.2 Å². The minimum Gasteiger partial charge on any atom is -0.492 e. The Labute approximate surface area is 232 Å². The summed E-state index contributed by atoms with van der Waals surface area (Å²) in [6, 6.07) is 13.5. The molecule has 0 aliphatic rings. The fraction of sp³-hybridized carbons (Fsp3) is 0.500. The van der Waals surface area contributed by atoms with E-state index in [-0.39, 0.29) is 37.7 Å². The lowest BCUT2D eigenvalue weighted by Crippen LogP contribution is -2.49. The Bertz CT molecular complexity index is 1160. The SMILES string of the molecule is CCCCNC(=O)[C@@H](CC)N(Cc1ccccc1Cl)C(=O)CCCN(c1ccccc1OCC)S(C)(=O)=O. The van der Waals surface area contributed by atoms with Crippen molar-refractivity contribution < 1.29 is 22.7 Å². The summed E-state index contributed by atoms with van der Waals surface area (Å²) in [6.45, 7) is 6.95. The number of carbonyl (C=O) groups excluding carboxylic acids is 2. The summed E-state index contributed by atoms with van der Waals surface area (Å²) in [7, 11) is -3.63. The number of amides is 2. The number of ether oxygens (including phenoxy) is 1. The van der Waals surface area contributed by atoms with Crippen LogP contribution in [0.1, 0.15) is 58.4 Å². The van der Waals surface area contributed by atoms with E-state index in [1.807, 2.05) is 39.0 Å². The predicted molar refractivity (Wildman–Crippen MR) is 153 cm³/mol. The van der Waals surface area contributed by atoms with Crippen LogP contribution in [0.15, 0.2) is 48.5 Å². The summed E-state index contributed by atoms with van der Waals surface area (Å²) >= 11 is 6.38. The molecule has 38 heavy (non-hydrogen) atoms. The molecule has 0 saturated heterocycles. The molecule has 0 radical (unpaired) electrons. The number of nitrogens with zero attached hydrogens (tertiary/aromatic N) is 2. The van der Waals surface area contributed by atoms with Gasteiger partial charge in [-0.3, -0.25) is 13.9 Å². The van der Waals surface area contributed by atoms with Gasteiger partial charge < -0.3 is 15.0 Å². The third-order valence-corrected chi connectivity index (χ3v) is 7.65. The third-order valence-electron chi connectivity index (χ3n) is 6.10. The fourth-order valence-corrected chi connectivity index (χ4v) is 5.32. The molecule has 0 aliphatic heterocycles. The van der Waals surface area contributed by atoms with Crippen LogP contribution < -0.4 is 14.4 Å². The molecule has 2 rings (SSSR count). The van der Waals surface area contributed by atoms with Gasteiger partial charge in [0, 0.05) is 31.1 Å². The lowest BCUT2D eigenvalue weighted by molar-refractivity contribution is -0.141. The largest absolute Gasteiger partial charge is 0.492 e. The van der Waals surface area contributed by atoms with Gasteiger partial charge in [-0.15, -0.1) is 0 Å². The highest BCUT2D eigenvalue weighted by Gasteiger charge is 2.29. The zero-order valence-electron chi connectivity index (χ0n) is 22.8. The number of unbranched alkanes of at least 4 members (excludes halogenated alkanes) is 1. The van der Waals surface area contributed by atoms with Crippen molar-refractivity contribution >= 4 is 39.1 Å². The molecule has 0 aromatic heterocycles. The summed E-state index contributed by atoms with van der Waals surface area (Å²) in [6.07, 6.45) is 3.69. The van der Waals surface area contributed by atoms with E-state index < -0.39 is 16.1 Å². The van der Waals surface area contributed by atoms with Crippen molar-refractivity contribution in [3.8, 4) is 5.75 Å². The molecule has 0 fully saturated rings. The number of halogens is 1. The minimum absolute atomic E-state index is 0.0615. The van der Waals surface area contributed by atoms with Crippen LogP contribution in [0.25, 0.3) is 0 Å². The van der Waals surface area contributed by atoms with Crippen LogP contribution in [0.4, 0.5) is 5.69 Å². The molecule has 0 bridgehead atoms. The normalized spacial score (nSPS) is 12.0. The molecule has 0 spiro atoms. The van der Waals surface area contributed by atoms with Crippen LogP contribution in [-0.4, -0.2) is 57.1 Å². The van der Waals surface area contributed by atoms with E-state index in [1.165, 1.54) is 4.31 Å². The van der Waals surface area contributed by atoms with E-state index in [1.54, 1.807) is 35.2 Å². The first-order chi connectivity index (χ1) is 18.1. The molecule has 2 aromatic rings. The topological polar surface area (TPSA) is 96.0 Å². The Hall–Kier alpha value is -2.78. The number of hydrogen-bond donors (Lipinski definition) is 1. The molecular formula is C28H40ClN3O5S. The molecule has 2 amide bonds. The number of para-hydroxylation sites is 2. The second-order valence-electron chi connectivity index (χ2n) is 9.02. The Morgan fingerprint density at radius 2 is 1.71 bits per heavy atom. The lowest BCUT2D eigenvalue weighted by Gasteiger charge is -2.31. The van der Waals surface area contributed by atoms with Gasteiger partial charge in [-0.05, 0) is 49.9 Å². The zero-order chi connectivity index (χ0) is 28.1. The van der Waals surface area contributed by atoms with E-state index in [2.05, 4.69) is 5.32 Å². The van der Waals surface area contributed by atoms with Crippen molar-refractivity contribution in [3.05, 3.63) is 59.1 Å². The molecule has 10 heteroatoms. The average Bonchev–Trinajstić information content (AvgIpc) is 2.87. The van der Waals surface area contributed by atoms with Gasteiger partial charge in [0.1, 0.15) is 11.8 Å². The van der Waals surface area contributed by atoms with E-state index in [4.69, 9.17) is 16.3 Å². The Morgan fingerprint density at radius 3 is 2.34 bits per heavy atom. The lowest BCUT2D eigenvalue weighted by atomic mass is 10.1. The Balaban J connectivity index is 2.24. The van der Waals surface area contributed by atoms with Crippen molar-refractivity contribution in [2.75, 3.05) is 30.3 Å². The molecule has 8 nitrogen and oxygen atoms in total. The second-order valence-corrected chi connectivity index (χ2v) is 11.3. The molecule has 2 aromatic carbocycles. The van der Waals surface area contributed by atoms with Gasteiger partial charge in [0.2, 0.25) is 21.8 Å². The summed E-state index contributed by atoms with van der Waals surface area (Å²) in [5, 5.41) is 3.45. The third kappa shape index (κ3) is 9.20. The van der Waals surface area contributed by atoms with Crippen molar-refractivity contribution in [1.29, 1.82) is 0 Å². The van der Waals surface area contributed by atoms with Gasteiger partial charge in [0.25, 0.3) is 0 Å². The van der Waals surface area contributed by atoms with Crippen LogP contribution in [-0.2, 0) is 26.2 Å². The van der Waals surface area contributed by atoms with E-state index in [9.17, 15) is 18.0 Å². The van der Waals surface area contributed by atoms with E-state index in [0.717, 1.165) is 24.7 Å². The van der Waals surface area contributed by atoms with Gasteiger partial charge in [-0.25, -0.2) is 8.42 Å². The highest BCUT2D eigenvalue weighted by molar-refractivity contribution is 7.92. The first-order valence-electron chi connectivity index (χ1n) is 13.1. The second kappa shape index (κ2) is 15.6. The smallest absolute Gasteiger partial charge is 0.242 e. The molecular weight excluding hydrogens is 526 g/mol. The first-order valence-corrected chi connectivity index (χ1v) is 15.4. The number of nitrogens with one attached hydrogen (secondary N) is 1. The standard InChI is InChI=1S/C28H40ClN3O5S/c1-5-8-19-30-28(34)24(6-2)31(21-22-14-9-10-15-23(22)29)27(33)18-13-20-32(38(4,35)36)25-16-11-12-17-26(25)37-7-3/h9-12,14-17,24H,5-8,13,18-21H2,1-4H3,(H,30,34)/t24-/m1/s1. The van der Waals surface area contributed by atoms with Gasteiger partial charge in [0.05, 0.1) is 18.6 Å². The first kappa shape index (κ1) is 31.4. The van der Waals surface area contributed by atoms with Crippen molar-refractivity contribution in [1.82, 2.24) is 10.2 Å². The van der Waals surface area contributed by atoms with Crippen molar-refractivity contribution in [3.63, 3.8) is 0 Å². The van der Waals surface area contributed by atoms with Crippen LogP contribution >= 0.6 is 11.6 Å². The summed E-state index contributed by atoms with van der Waals surface area (Å²) in [4.78, 5) is 28.1. The molecule has 1 N–H and O–H groups in total. The van der Waals surface area contributed by atoms with Gasteiger partial charge in [-0.2, -0.15) is 0 Å². The fourth-order valence-electron chi connectivity index (χ4n) is 4.16. The van der Waals surface area contributed by atoms with E-state index in [0.29, 0.717) is 36.0 Å². The molecule has 0 unspecified atom stereocenters. The molecule has 0 aliphatic carbocycles. The number of benzene rings is 2. The highest BCUT2D eigenvalue weighted by atomic mass is 35.5. The molecule has 1 atom stereocenters. The number of sulfonamides is 1. The molecule has 0 saturated carbocycles. The number of hydrogen-bond acceptors (Lipinski definition) is 5. The maximum atomic E-state index is 13.5. The van der Waals surface area contributed by atoms with Crippen molar-refractivity contribution in [2.45, 2.75) is 65.5 Å². The quantitative estimate of drug-likeness (QED) is 0.289. The van der Waals surface area contributed by atoms with Crippen LogP contribution in [0.2, 0.25) is 5.02 Å².